The maximum absolute atomic E-state index is 5.73. The van der Waals surface area contributed by atoms with Crippen molar-refractivity contribution in [1.82, 2.24) is 5.32 Å². The molecule has 0 radical (unpaired) electrons. The fourth-order valence-corrected chi connectivity index (χ4v) is 3.25. The average molecular weight is 326 g/mol. The van der Waals surface area contributed by atoms with E-state index < -0.39 is 0 Å². The van der Waals surface area contributed by atoms with Gasteiger partial charge in [0.05, 0.1) is 19.8 Å². The molecule has 0 aliphatic carbocycles. The zero-order valence-corrected chi connectivity index (χ0v) is 14.9. The van der Waals surface area contributed by atoms with Crippen molar-refractivity contribution in [3.63, 3.8) is 0 Å². The number of ether oxygens (including phenoxy) is 2. The van der Waals surface area contributed by atoms with E-state index in [1.54, 1.807) is 7.11 Å². The summed E-state index contributed by atoms with van der Waals surface area (Å²) in [5, 5.41) is 3.63. The number of fused-ring (bicyclic) bond motifs is 1. The molecule has 1 heterocycles. The molecule has 3 rings (SSSR count). The smallest absolute Gasteiger partial charge is 0.161 e. The molecule has 0 spiro atoms. The Morgan fingerprint density at radius 2 is 1.88 bits per heavy atom. The van der Waals surface area contributed by atoms with Gasteiger partial charge in [0.15, 0.2) is 11.5 Å². The van der Waals surface area contributed by atoms with Crippen molar-refractivity contribution in [2.45, 2.75) is 19.4 Å². The van der Waals surface area contributed by atoms with E-state index in [-0.39, 0.29) is 6.04 Å². The molecule has 4 nitrogen and oxygen atoms in total. The summed E-state index contributed by atoms with van der Waals surface area (Å²) >= 11 is 0. The molecule has 1 unspecified atom stereocenters. The summed E-state index contributed by atoms with van der Waals surface area (Å²) in [5.41, 5.74) is 5.09. The van der Waals surface area contributed by atoms with Gasteiger partial charge in [-0.2, -0.15) is 0 Å². The standard InChI is InChI=1S/C20H26N2O2/c1-5-24-19-12-15-10-11-21-20(17(15)13-18(19)23-4)14-6-8-16(9-7-14)22(2)3/h6-9,12-13,20-21H,5,10-11H2,1-4H3. The molecule has 0 bridgehead atoms. The van der Waals surface area contributed by atoms with E-state index >= 15 is 0 Å². The molecular formula is C20H26N2O2. The van der Waals surface area contributed by atoms with Gasteiger partial charge in [0.25, 0.3) is 0 Å². The lowest BCUT2D eigenvalue weighted by molar-refractivity contribution is 0.309. The van der Waals surface area contributed by atoms with Gasteiger partial charge in [0, 0.05) is 26.3 Å². The molecule has 1 atom stereocenters. The Morgan fingerprint density at radius 3 is 2.50 bits per heavy atom. The lowest BCUT2D eigenvalue weighted by atomic mass is 9.89. The molecule has 128 valence electrons. The summed E-state index contributed by atoms with van der Waals surface area (Å²) < 4.78 is 11.3. The highest BCUT2D eigenvalue weighted by molar-refractivity contribution is 5.53. The summed E-state index contributed by atoms with van der Waals surface area (Å²) in [6, 6.07) is 13.2. The molecule has 1 aliphatic rings. The molecule has 1 N–H and O–H groups in total. The Kier molecular flexibility index (Phi) is 4.95. The molecular weight excluding hydrogens is 300 g/mol. The van der Waals surface area contributed by atoms with Crippen LogP contribution in [0.3, 0.4) is 0 Å². The normalized spacial score (nSPS) is 16.4. The van der Waals surface area contributed by atoms with Crippen LogP contribution < -0.4 is 19.7 Å². The zero-order chi connectivity index (χ0) is 17.1. The first-order valence-electron chi connectivity index (χ1n) is 8.48. The number of hydrogen-bond acceptors (Lipinski definition) is 4. The third kappa shape index (κ3) is 3.20. The first-order chi connectivity index (χ1) is 11.6. The monoisotopic (exact) mass is 326 g/mol. The van der Waals surface area contributed by atoms with Gasteiger partial charge in [-0.25, -0.2) is 0 Å². The lowest BCUT2D eigenvalue weighted by Gasteiger charge is -2.29. The van der Waals surface area contributed by atoms with Gasteiger partial charge in [0.1, 0.15) is 0 Å². The van der Waals surface area contributed by atoms with Crippen LogP contribution in [0.5, 0.6) is 11.5 Å². The van der Waals surface area contributed by atoms with Gasteiger partial charge < -0.3 is 19.7 Å². The van der Waals surface area contributed by atoms with Crippen molar-refractivity contribution < 1.29 is 9.47 Å². The van der Waals surface area contributed by atoms with E-state index in [1.807, 2.05) is 6.92 Å². The largest absolute Gasteiger partial charge is 0.493 e. The predicted molar refractivity (Wildman–Crippen MR) is 98.5 cm³/mol. The number of benzene rings is 2. The van der Waals surface area contributed by atoms with Crippen molar-refractivity contribution in [2.75, 3.05) is 39.3 Å². The number of nitrogens with zero attached hydrogens (tertiary/aromatic N) is 1. The van der Waals surface area contributed by atoms with E-state index in [4.69, 9.17) is 9.47 Å². The van der Waals surface area contributed by atoms with Gasteiger partial charge in [-0.1, -0.05) is 12.1 Å². The van der Waals surface area contributed by atoms with Gasteiger partial charge in [-0.05, 0) is 54.3 Å². The Balaban J connectivity index is 1.98. The highest BCUT2D eigenvalue weighted by Crippen LogP contribution is 2.37. The minimum absolute atomic E-state index is 0.189. The van der Waals surface area contributed by atoms with Crippen LogP contribution >= 0.6 is 0 Å². The first kappa shape index (κ1) is 16.7. The maximum atomic E-state index is 5.73. The number of methoxy groups -OCH3 is 1. The molecule has 0 aromatic heterocycles. The zero-order valence-electron chi connectivity index (χ0n) is 14.9. The number of nitrogens with one attached hydrogen (secondary N) is 1. The van der Waals surface area contributed by atoms with Crippen molar-refractivity contribution in [3.8, 4) is 11.5 Å². The van der Waals surface area contributed by atoms with Crippen LogP contribution in [-0.4, -0.2) is 34.4 Å². The van der Waals surface area contributed by atoms with Gasteiger partial charge in [-0.3, -0.25) is 0 Å². The topological polar surface area (TPSA) is 33.7 Å². The Bertz CT molecular complexity index is 696. The summed E-state index contributed by atoms with van der Waals surface area (Å²) in [6.45, 7) is 3.60. The van der Waals surface area contributed by atoms with Crippen molar-refractivity contribution in [3.05, 3.63) is 53.1 Å². The number of anilines is 1. The molecule has 1 aliphatic heterocycles. The van der Waals surface area contributed by atoms with Crippen LogP contribution in [0.1, 0.15) is 29.7 Å². The van der Waals surface area contributed by atoms with E-state index in [0.717, 1.165) is 24.5 Å². The first-order valence-corrected chi connectivity index (χ1v) is 8.48. The van der Waals surface area contributed by atoms with Crippen molar-refractivity contribution in [1.29, 1.82) is 0 Å². The second-order valence-electron chi connectivity index (χ2n) is 6.26. The average Bonchev–Trinajstić information content (AvgIpc) is 2.61. The number of rotatable bonds is 5. The quantitative estimate of drug-likeness (QED) is 0.913. The van der Waals surface area contributed by atoms with E-state index in [9.17, 15) is 0 Å². The molecule has 0 saturated heterocycles. The van der Waals surface area contributed by atoms with Crippen molar-refractivity contribution >= 4 is 5.69 Å². The SMILES string of the molecule is CCOc1cc2c(cc1OC)C(c1ccc(N(C)C)cc1)NCC2. The summed E-state index contributed by atoms with van der Waals surface area (Å²) in [4.78, 5) is 2.11. The molecule has 2 aromatic rings. The highest BCUT2D eigenvalue weighted by Gasteiger charge is 2.24. The van der Waals surface area contributed by atoms with Crippen molar-refractivity contribution in [2.24, 2.45) is 0 Å². The summed E-state index contributed by atoms with van der Waals surface area (Å²) in [6.07, 6.45) is 1.01. The fourth-order valence-electron chi connectivity index (χ4n) is 3.25. The van der Waals surface area contributed by atoms with Crippen LogP contribution in [-0.2, 0) is 6.42 Å². The molecule has 0 amide bonds. The summed E-state index contributed by atoms with van der Waals surface area (Å²) in [7, 11) is 5.81. The minimum Gasteiger partial charge on any atom is -0.493 e. The fraction of sp³-hybridized carbons (Fsp3) is 0.400. The molecule has 4 heteroatoms. The molecule has 0 saturated carbocycles. The molecule has 24 heavy (non-hydrogen) atoms. The second-order valence-corrected chi connectivity index (χ2v) is 6.26. The van der Waals surface area contributed by atoms with E-state index in [1.165, 1.54) is 22.4 Å². The second kappa shape index (κ2) is 7.14. The van der Waals surface area contributed by atoms with Crippen LogP contribution in [0.4, 0.5) is 5.69 Å². The molecule has 2 aromatic carbocycles. The summed E-state index contributed by atoms with van der Waals surface area (Å²) in [5.74, 6) is 1.64. The van der Waals surface area contributed by atoms with Crippen LogP contribution in [0, 0.1) is 0 Å². The Morgan fingerprint density at radius 1 is 1.12 bits per heavy atom. The maximum Gasteiger partial charge on any atom is 0.161 e. The van der Waals surface area contributed by atoms with Crippen LogP contribution in [0.25, 0.3) is 0 Å². The van der Waals surface area contributed by atoms with E-state index in [2.05, 4.69) is 60.7 Å². The predicted octanol–water partition coefficient (Wildman–Crippen LogP) is 3.40. The van der Waals surface area contributed by atoms with Gasteiger partial charge in [-0.15, -0.1) is 0 Å². The van der Waals surface area contributed by atoms with E-state index in [0.29, 0.717) is 6.61 Å². The third-order valence-corrected chi connectivity index (χ3v) is 4.52. The number of hydrogen-bond donors (Lipinski definition) is 1. The third-order valence-electron chi connectivity index (χ3n) is 4.52. The highest BCUT2D eigenvalue weighted by atomic mass is 16.5. The minimum atomic E-state index is 0.189. The van der Waals surface area contributed by atoms with Gasteiger partial charge >= 0.3 is 0 Å². The lowest BCUT2D eigenvalue weighted by Crippen LogP contribution is -2.30. The Labute approximate surface area is 144 Å². The Hall–Kier alpha value is -2.20. The van der Waals surface area contributed by atoms with Gasteiger partial charge in [0.2, 0.25) is 0 Å². The van der Waals surface area contributed by atoms with Crippen LogP contribution in [0.15, 0.2) is 36.4 Å². The molecule has 0 fully saturated rings. The van der Waals surface area contributed by atoms with Crippen LogP contribution in [0.2, 0.25) is 0 Å².